The van der Waals surface area contributed by atoms with E-state index in [0.29, 0.717) is 54.8 Å². The van der Waals surface area contributed by atoms with E-state index in [1.165, 1.54) is 6.42 Å². The lowest BCUT2D eigenvalue weighted by Crippen LogP contribution is -2.65. The second kappa shape index (κ2) is 4.55. The zero-order valence-electron chi connectivity index (χ0n) is 17.1. The van der Waals surface area contributed by atoms with Gasteiger partial charge in [-0.25, -0.2) is 0 Å². The van der Waals surface area contributed by atoms with Gasteiger partial charge in [-0.1, -0.05) is 13.8 Å². The van der Waals surface area contributed by atoms with Crippen molar-refractivity contribution in [1.29, 1.82) is 0 Å². The van der Waals surface area contributed by atoms with Gasteiger partial charge in [0.2, 0.25) is 0 Å². The van der Waals surface area contributed by atoms with Crippen LogP contribution in [0.1, 0.15) is 71.6 Å². The van der Waals surface area contributed by atoms with E-state index < -0.39 is 5.60 Å². The molecule has 4 nitrogen and oxygen atoms in total. The number of rotatable bonds is 0. The van der Waals surface area contributed by atoms with E-state index in [1.807, 2.05) is 0 Å². The van der Waals surface area contributed by atoms with Gasteiger partial charge >= 0.3 is 5.97 Å². The third-order valence-corrected chi connectivity index (χ3v) is 11.6. The van der Waals surface area contributed by atoms with Crippen molar-refractivity contribution < 1.29 is 19.4 Å². The first-order chi connectivity index (χ1) is 13.3. The maximum Gasteiger partial charge on any atom is 0.306 e. The van der Waals surface area contributed by atoms with E-state index in [0.717, 1.165) is 38.0 Å². The second-order valence-corrected chi connectivity index (χ2v) is 12.1. The molecule has 1 saturated heterocycles. The van der Waals surface area contributed by atoms with Crippen LogP contribution in [0.4, 0.5) is 0 Å². The molecule has 1 N–H and O–H groups in total. The Morgan fingerprint density at radius 1 is 0.929 bits per heavy atom. The fourth-order valence-corrected chi connectivity index (χ4v) is 10.3. The number of hydrogen-bond donors (Lipinski definition) is 1. The number of aliphatic hydroxyl groups is 1. The minimum absolute atomic E-state index is 0.0229. The van der Waals surface area contributed by atoms with Crippen molar-refractivity contribution in [3.05, 3.63) is 0 Å². The van der Waals surface area contributed by atoms with Gasteiger partial charge in [0.1, 0.15) is 11.4 Å². The largest absolute Gasteiger partial charge is 0.458 e. The van der Waals surface area contributed by atoms with Gasteiger partial charge in [0.05, 0.1) is 5.60 Å². The molecular formula is C24H32O4. The lowest BCUT2D eigenvalue weighted by molar-refractivity contribution is -0.223. The molecule has 4 heteroatoms. The van der Waals surface area contributed by atoms with Crippen molar-refractivity contribution in [1.82, 2.24) is 0 Å². The normalized spacial score (nSPS) is 65.8. The van der Waals surface area contributed by atoms with Gasteiger partial charge in [-0.15, -0.1) is 0 Å². The Kier molecular flexibility index (Phi) is 2.74. The molecule has 11 atom stereocenters. The molecule has 7 rings (SSSR count). The summed E-state index contributed by atoms with van der Waals surface area (Å²) in [6.07, 6.45) is 8.04. The van der Waals surface area contributed by atoms with Crippen LogP contribution in [-0.4, -0.2) is 28.1 Å². The summed E-state index contributed by atoms with van der Waals surface area (Å²) in [5, 5.41) is 11.8. The number of Topliss-reactive ketones (excluding diaryl/α,β-unsaturated/α-hetero) is 1. The highest BCUT2D eigenvalue weighted by molar-refractivity contribution is 5.81. The Morgan fingerprint density at radius 3 is 2.46 bits per heavy atom. The van der Waals surface area contributed by atoms with Crippen LogP contribution in [0.25, 0.3) is 0 Å². The molecule has 0 aromatic carbocycles. The van der Waals surface area contributed by atoms with E-state index in [2.05, 4.69) is 13.8 Å². The molecule has 1 heterocycles. The van der Waals surface area contributed by atoms with E-state index in [-0.39, 0.29) is 28.2 Å². The van der Waals surface area contributed by atoms with Crippen LogP contribution in [0.3, 0.4) is 0 Å². The minimum atomic E-state index is -0.763. The van der Waals surface area contributed by atoms with E-state index >= 15 is 0 Å². The molecule has 6 aliphatic carbocycles. The highest BCUT2D eigenvalue weighted by atomic mass is 16.6. The molecule has 6 unspecified atom stereocenters. The highest BCUT2D eigenvalue weighted by Gasteiger charge is 2.83. The lowest BCUT2D eigenvalue weighted by Gasteiger charge is -2.64. The zero-order chi connectivity index (χ0) is 19.3. The summed E-state index contributed by atoms with van der Waals surface area (Å²) in [5.74, 6) is 4.36. The number of carbonyl (C=O) groups is 2. The quantitative estimate of drug-likeness (QED) is 0.649. The van der Waals surface area contributed by atoms with Gasteiger partial charge in [-0.2, -0.15) is 0 Å². The Morgan fingerprint density at radius 2 is 1.71 bits per heavy atom. The molecule has 6 saturated carbocycles. The van der Waals surface area contributed by atoms with E-state index in [1.54, 1.807) is 0 Å². The smallest absolute Gasteiger partial charge is 0.306 e. The molecule has 7 aliphatic rings. The molecule has 1 spiro atoms. The van der Waals surface area contributed by atoms with E-state index in [4.69, 9.17) is 4.74 Å². The first kappa shape index (κ1) is 16.8. The van der Waals surface area contributed by atoms with Crippen molar-refractivity contribution in [3.63, 3.8) is 0 Å². The lowest BCUT2D eigenvalue weighted by atomic mass is 9.42. The molecule has 0 radical (unpaired) electrons. The average Bonchev–Trinajstić information content (AvgIpc) is 3.54. The van der Waals surface area contributed by atoms with Crippen LogP contribution in [0.5, 0.6) is 0 Å². The van der Waals surface area contributed by atoms with Crippen LogP contribution < -0.4 is 0 Å². The molecular weight excluding hydrogens is 352 g/mol. The maximum atomic E-state index is 12.3. The first-order valence-corrected chi connectivity index (χ1v) is 11.7. The predicted octanol–water partition coefficient (Wildman–Crippen LogP) is 3.50. The fourth-order valence-electron chi connectivity index (χ4n) is 10.3. The SMILES string of the molecule is C[C@]12CCC3C(C4C[C@H]4C4(O)CC(=O)CC[C@]34C)C1C1C[C@@H]1[C@@]21CCC(=O)O1. The topological polar surface area (TPSA) is 63.6 Å². The van der Waals surface area contributed by atoms with Crippen LogP contribution >= 0.6 is 0 Å². The highest BCUT2D eigenvalue weighted by Crippen LogP contribution is 2.83. The Bertz CT molecular complexity index is 821. The number of carbonyl (C=O) groups excluding carboxylic acids is 2. The third-order valence-electron chi connectivity index (χ3n) is 11.6. The van der Waals surface area contributed by atoms with Crippen LogP contribution in [0.2, 0.25) is 0 Å². The monoisotopic (exact) mass is 384 g/mol. The number of hydrogen-bond acceptors (Lipinski definition) is 4. The van der Waals surface area contributed by atoms with E-state index in [9.17, 15) is 14.7 Å². The molecule has 0 aromatic heterocycles. The number of ether oxygens (including phenoxy) is 1. The molecule has 1 aliphatic heterocycles. The van der Waals surface area contributed by atoms with Crippen molar-refractivity contribution in [2.45, 2.75) is 82.8 Å². The summed E-state index contributed by atoms with van der Waals surface area (Å²) >= 11 is 0. The Balaban J connectivity index is 1.32. The van der Waals surface area contributed by atoms with Crippen molar-refractivity contribution in [3.8, 4) is 0 Å². The van der Waals surface area contributed by atoms with Crippen molar-refractivity contribution in [2.75, 3.05) is 0 Å². The van der Waals surface area contributed by atoms with Crippen molar-refractivity contribution >= 4 is 11.8 Å². The first-order valence-electron chi connectivity index (χ1n) is 11.7. The molecule has 0 bridgehead atoms. The summed E-state index contributed by atoms with van der Waals surface area (Å²) in [7, 11) is 0. The van der Waals surface area contributed by atoms with Crippen LogP contribution in [0, 0.1) is 52.3 Å². The van der Waals surface area contributed by atoms with Crippen molar-refractivity contribution in [2.24, 2.45) is 52.3 Å². The van der Waals surface area contributed by atoms with Gasteiger partial charge in [0, 0.05) is 36.0 Å². The summed E-state index contributed by atoms with van der Waals surface area (Å²) in [6, 6.07) is 0. The number of ketones is 1. The van der Waals surface area contributed by atoms with Gasteiger partial charge in [0.15, 0.2) is 0 Å². The number of esters is 1. The summed E-state index contributed by atoms with van der Waals surface area (Å²) in [4.78, 5) is 24.4. The summed E-state index contributed by atoms with van der Waals surface area (Å²) < 4.78 is 6.20. The minimum Gasteiger partial charge on any atom is -0.458 e. The van der Waals surface area contributed by atoms with Gasteiger partial charge < -0.3 is 9.84 Å². The molecule has 0 aromatic rings. The van der Waals surface area contributed by atoms with Gasteiger partial charge in [0.25, 0.3) is 0 Å². The van der Waals surface area contributed by atoms with Gasteiger partial charge in [-0.3, -0.25) is 9.59 Å². The number of fused-ring (bicyclic) bond motifs is 12. The maximum absolute atomic E-state index is 12.3. The molecule has 152 valence electrons. The Hall–Kier alpha value is -0.900. The average molecular weight is 385 g/mol. The molecule has 7 fully saturated rings. The van der Waals surface area contributed by atoms with Crippen LogP contribution in [-0.2, 0) is 14.3 Å². The summed E-state index contributed by atoms with van der Waals surface area (Å²) in [6.45, 7) is 4.77. The Labute approximate surface area is 166 Å². The fraction of sp³-hybridized carbons (Fsp3) is 0.917. The zero-order valence-corrected chi connectivity index (χ0v) is 17.1. The summed E-state index contributed by atoms with van der Waals surface area (Å²) in [5.41, 5.74) is -0.943. The standard InChI is InChI=1S/C24H32O4/c1-21-6-3-12(25)11-23(21,27)16-9-13(16)19-15(21)4-7-22(2)20(19)14-10-17(14)24(22)8-5-18(26)28-24/h13-17,19-20,27H,3-11H2,1-2H3/t13?,14?,15?,16-,17+,19?,20?,21-,22+,23?,24+/m1/s1. The predicted molar refractivity (Wildman–Crippen MR) is 101 cm³/mol. The molecule has 28 heavy (non-hydrogen) atoms. The van der Waals surface area contributed by atoms with Gasteiger partial charge in [-0.05, 0) is 74.0 Å². The van der Waals surface area contributed by atoms with Crippen LogP contribution in [0.15, 0.2) is 0 Å². The second-order valence-electron chi connectivity index (χ2n) is 12.1. The molecule has 0 amide bonds. The third kappa shape index (κ3) is 1.55.